The van der Waals surface area contributed by atoms with Crippen molar-refractivity contribution in [2.75, 3.05) is 0 Å². The van der Waals surface area contributed by atoms with Crippen LogP contribution in [-0.2, 0) is 4.79 Å². The SMILES string of the molecule is CC1=CC(C(=O)[NH+]2C=Cc3cccnc32)C=C(C)N1.F[B-](F)(F)F. The van der Waals surface area contributed by atoms with Gasteiger partial charge in [-0.25, -0.2) is 9.78 Å². The number of carbonyl (C=O) groups is 1. The van der Waals surface area contributed by atoms with Gasteiger partial charge in [0.25, 0.3) is 0 Å². The lowest BCUT2D eigenvalue weighted by atomic mass is 10.0. The number of fused-ring (bicyclic) bond motifs is 1. The van der Waals surface area contributed by atoms with Crippen molar-refractivity contribution < 1.29 is 27.0 Å². The molecular weight excluding hydrogens is 325 g/mol. The van der Waals surface area contributed by atoms with Crippen molar-refractivity contribution in [2.24, 2.45) is 5.92 Å². The van der Waals surface area contributed by atoms with Gasteiger partial charge in [0.05, 0.1) is 5.56 Å². The van der Waals surface area contributed by atoms with Crippen LogP contribution in [0.5, 0.6) is 0 Å². The molecule has 3 rings (SSSR count). The Labute approximate surface area is 136 Å². The highest BCUT2D eigenvalue weighted by Crippen LogP contribution is 2.17. The molecule has 3 heterocycles. The van der Waals surface area contributed by atoms with Crippen molar-refractivity contribution in [3.05, 3.63) is 53.6 Å². The Hall–Kier alpha value is -2.42. The zero-order chi connectivity index (χ0) is 17.9. The van der Waals surface area contributed by atoms with Gasteiger partial charge in [-0.1, -0.05) is 0 Å². The quantitative estimate of drug-likeness (QED) is 0.609. The first kappa shape index (κ1) is 17.9. The normalized spacial score (nSPS) is 19.5. The molecule has 0 aliphatic carbocycles. The van der Waals surface area contributed by atoms with Gasteiger partial charge >= 0.3 is 13.2 Å². The second-order valence-electron chi connectivity index (χ2n) is 5.40. The Kier molecular flexibility index (Phi) is 5.23. The van der Waals surface area contributed by atoms with E-state index in [1.54, 1.807) is 6.20 Å². The standard InChI is InChI=1S/C15H15N3O.BF4/c1-10-8-13(9-11(2)17-10)15(19)18-7-5-12-4-3-6-16-14(12)18;2-1(3,4)5/h3-9,13,17H,1-2H3;/q;-1/p+1. The Morgan fingerprint density at radius 3 is 2.38 bits per heavy atom. The highest BCUT2D eigenvalue weighted by atomic mass is 19.5. The van der Waals surface area contributed by atoms with Crippen LogP contribution in [0, 0.1) is 5.92 Å². The van der Waals surface area contributed by atoms with Gasteiger partial charge in [0.2, 0.25) is 5.82 Å². The fourth-order valence-electron chi connectivity index (χ4n) is 2.54. The summed E-state index contributed by atoms with van der Waals surface area (Å²) >= 11 is 0. The maximum atomic E-state index is 12.6. The number of carbonyl (C=O) groups excluding carboxylic acids is 1. The van der Waals surface area contributed by atoms with Crippen LogP contribution in [0.1, 0.15) is 19.4 Å². The van der Waals surface area contributed by atoms with Crippen molar-refractivity contribution in [1.82, 2.24) is 10.3 Å². The van der Waals surface area contributed by atoms with Crippen LogP contribution in [0.15, 0.2) is 48.1 Å². The number of hydrogen-bond acceptors (Lipinski definition) is 3. The topological polar surface area (TPSA) is 46.4 Å². The van der Waals surface area contributed by atoms with Gasteiger partial charge in [0, 0.05) is 23.7 Å². The van der Waals surface area contributed by atoms with Crippen molar-refractivity contribution in [3.8, 4) is 0 Å². The number of rotatable bonds is 1. The molecule has 1 atom stereocenters. The molecular formula is C15H16BF4N3O. The van der Waals surface area contributed by atoms with Crippen LogP contribution in [0.4, 0.5) is 23.1 Å². The molecule has 4 nitrogen and oxygen atoms in total. The van der Waals surface area contributed by atoms with Crippen LogP contribution in [0.3, 0.4) is 0 Å². The second-order valence-corrected chi connectivity index (χ2v) is 5.40. The number of nitrogens with zero attached hydrogens (tertiary/aromatic N) is 1. The van der Waals surface area contributed by atoms with E-state index in [1.165, 1.54) is 0 Å². The summed E-state index contributed by atoms with van der Waals surface area (Å²) in [6.07, 6.45) is 9.45. The molecule has 1 amide bonds. The third kappa shape index (κ3) is 4.79. The fourth-order valence-corrected chi connectivity index (χ4v) is 2.54. The van der Waals surface area contributed by atoms with E-state index in [-0.39, 0.29) is 11.8 Å². The molecule has 9 heteroatoms. The molecule has 0 fully saturated rings. The lowest BCUT2D eigenvalue weighted by Gasteiger charge is -2.19. The molecule has 1 aromatic rings. The highest BCUT2D eigenvalue weighted by molar-refractivity contribution is 6.50. The molecule has 0 saturated heterocycles. The highest BCUT2D eigenvalue weighted by Gasteiger charge is 2.33. The molecule has 0 aromatic carbocycles. The number of halogens is 4. The summed E-state index contributed by atoms with van der Waals surface area (Å²) in [5, 5.41) is 3.20. The number of dihydropyridines is 1. The summed E-state index contributed by atoms with van der Waals surface area (Å²) in [4.78, 5) is 17.6. The summed E-state index contributed by atoms with van der Waals surface area (Å²) in [7, 11) is -6.00. The largest absolute Gasteiger partial charge is 0.673 e. The minimum absolute atomic E-state index is 0.105. The average Bonchev–Trinajstić information content (AvgIpc) is 2.87. The summed E-state index contributed by atoms with van der Waals surface area (Å²) in [5.74, 6) is 0.700. The molecule has 1 aromatic heterocycles. The lowest BCUT2D eigenvalue weighted by molar-refractivity contribution is -0.689. The van der Waals surface area contributed by atoms with Crippen molar-refractivity contribution in [1.29, 1.82) is 0 Å². The van der Waals surface area contributed by atoms with Crippen molar-refractivity contribution in [3.63, 3.8) is 0 Å². The van der Waals surface area contributed by atoms with Gasteiger partial charge in [0.15, 0.2) is 0 Å². The third-order valence-corrected chi connectivity index (χ3v) is 3.35. The molecule has 128 valence electrons. The Morgan fingerprint density at radius 1 is 1.21 bits per heavy atom. The number of nitrogens with one attached hydrogen (secondary N) is 2. The Morgan fingerprint density at radius 2 is 1.79 bits per heavy atom. The van der Waals surface area contributed by atoms with Crippen molar-refractivity contribution in [2.45, 2.75) is 13.8 Å². The Balaban J connectivity index is 0.000000368. The number of aromatic nitrogens is 1. The maximum Gasteiger partial charge on any atom is 0.673 e. The second kappa shape index (κ2) is 7.00. The van der Waals surface area contributed by atoms with E-state index in [1.807, 2.05) is 50.4 Å². The summed E-state index contributed by atoms with van der Waals surface area (Å²) in [6.45, 7) is 3.94. The van der Waals surface area contributed by atoms with Crippen molar-refractivity contribution >= 4 is 25.1 Å². The fraction of sp³-hybridized carbons (Fsp3) is 0.200. The first-order valence-electron chi connectivity index (χ1n) is 7.21. The summed E-state index contributed by atoms with van der Waals surface area (Å²) in [6, 6.07) is 3.86. The van der Waals surface area contributed by atoms with Gasteiger partial charge in [-0.2, -0.15) is 4.90 Å². The van der Waals surface area contributed by atoms with E-state index >= 15 is 0 Å². The molecule has 2 aliphatic heterocycles. The van der Waals surface area contributed by atoms with E-state index in [2.05, 4.69) is 10.3 Å². The summed E-state index contributed by atoms with van der Waals surface area (Å²) in [5.41, 5.74) is 3.05. The third-order valence-electron chi connectivity index (χ3n) is 3.35. The van der Waals surface area contributed by atoms with Gasteiger partial charge in [0.1, 0.15) is 12.1 Å². The van der Waals surface area contributed by atoms with E-state index in [0.29, 0.717) is 4.90 Å². The minimum Gasteiger partial charge on any atom is -0.418 e. The number of pyridine rings is 1. The van der Waals surface area contributed by atoms with E-state index < -0.39 is 7.25 Å². The first-order valence-corrected chi connectivity index (χ1v) is 7.21. The van der Waals surface area contributed by atoms with Gasteiger partial charge in [-0.3, -0.25) is 0 Å². The molecule has 24 heavy (non-hydrogen) atoms. The predicted octanol–water partition coefficient (Wildman–Crippen LogP) is 2.44. The van der Waals surface area contributed by atoms with Crippen LogP contribution < -0.4 is 10.2 Å². The molecule has 0 radical (unpaired) electrons. The van der Waals surface area contributed by atoms with Gasteiger partial charge in [-0.15, -0.1) is 0 Å². The number of amides is 1. The van der Waals surface area contributed by atoms with Gasteiger partial charge in [-0.05, 0) is 38.1 Å². The Bertz CT molecular complexity index is 704. The zero-order valence-corrected chi connectivity index (χ0v) is 13.1. The minimum atomic E-state index is -6.00. The lowest BCUT2D eigenvalue weighted by Crippen LogP contribution is -3.05. The number of quaternary nitrogens is 1. The first-order chi connectivity index (χ1) is 11.1. The van der Waals surface area contributed by atoms with E-state index in [4.69, 9.17) is 0 Å². The number of allylic oxidation sites excluding steroid dienone is 2. The zero-order valence-electron chi connectivity index (χ0n) is 13.1. The van der Waals surface area contributed by atoms with Crippen LogP contribution >= 0.6 is 0 Å². The monoisotopic (exact) mass is 341 g/mol. The van der Waals surface area contributed by atoms with Crippen LogP contribution in [0.25, 0.3) is 6.08 Å². The number of hydrogen-bond donors (Lipinski definition) is 2. The molecule has 0 bridgehead atoms. The van der Waals surface area contributed by atoms with Crippen LogP contribution in [-0.4, -0.2) is 18.1 Å². The average molecular weight is 341 g/mol. The van der Waals surface area contributed by atoms with E-state index in [0.717, 1.165) is 22.8 Å². The predicted molar refractivity (Wildman–Crippen MR) is 83.2 cm³/mol. The van der Waals surface area contributed by atoms with Gasteiger partial charge < -0.3 is 22.6 Å². The molecule has 2 N–H and O–H groups in total. The summed E-state index contributed by atoms with van der Waals surface area (Å²) < 4.78 is 39.0. The molecule has 1 unspecified atom stereocenters. The maximum absolute atomic E-state index is 12.6. The van der Waals surface area contributed by atoms with Crippen LogP contribution in [0.2, 0.25) is 0 Å². The van der Waals surface area contributed by atoms with E-state index in [9.17, 15) is 22.1 Å². The molecule has 0 spiro atoms. The molecule has 0 saturated carbocycles. The smallest absolute Gasteiger partial charge is 0.418 e. The molecule has 2 aliphatic rings.